The normalized spacial score (nSPS) is 19.6. The highest BCUT2D eigenvalue weighted by atomic mass is 35.5. The molecular weight excluding hydrogens is 314 g/mol. The second kappa shape index (κ2) is 7.22. The molecule has 2 rings (SSSR count). The minimum absolute atomic E-state index is 0. The number of piperazine rings is 1. The summed E-state index contributed by atoms with van der Waals surface area (Å²) in [7, 11) is -1.95. The van der Waals surface area contributed by atoms with Crippen molar-refractivity contribution < 1.29 is 13.2 Å². The number of nitrogens with one attached hydrogen (secondary N) is 2. The molecule has 1 aromatic carbocycles. The van der Waals surface area contributed by atoms with Crippen LogP contribution in [0.15, 0.2) is 29.2 Å². The Hall–Kier alpha value is -1.15. The first kappa shape index (κ1) is 17.9. The fourth-order valence-corrected chi connectivity index (χ4v) is 3.72. The average Bonchev–Trinajstić information content (AvgIpc) is 2.46. The first-order valence-electron chi connectivity index (χ1n) is 6.51. The second-order valence-corrected chi connectivity index (χ2v) is 6.76. The molecule has 1 heterocycles. The van der Waals surface area contributed by atoms with Crippen molar-refractivity contribution in [3.8, 4) is 0 Å². The van der Waals surface area contributed by atoms with Crippen LogP contribution in [0.5, 0.6) is 0 Å². The van der Waals surface area contributed by atoms with Crippen LogP contribution in [0.25, 0.3) is 0 Å². The van der Waals surface area contributed by atoms with Gasteiger partial charge in [-0.25, -0.2) is 8.42 Å². The quantitative estimate of drug-likeness (QED) is 0.842. The van der Waals surface area contributed by atoms with Crippen molar-refractivity contribution in [3.05, 3.63) is 29.8 Å². The number of amides is 1. The molecular formula is C13H20ClN3O3S. The van der Waals surface area contributed by atoms with Gasteiger partial charge in [-0.2, -0.15) is 4.31 Å². The molecule has 2 N–H and O–H groups in total. The molecule has 21 heavy (non-hydrogen) atoms. The van der Waals surface area contributed by atoms with E-state index in [1.54, 1.807) is 0 Å². The zero-order valence-electron chi connectivity index (χ0n) is 12.0. The molecule has 1 aliphatic rings. The van der Waals surface area contributed by atoms with E-state index in [-0.39, 0.29) is 29.3 Å². The van der Waals surface area contributed by atoms with Gasteiger partial charge in [0.2, 0.25) is 10.0 Å². The summed E-state index contributed by atoms with van der Waals surface area (Å²) in [5.74, 6) is -0.232. The van der Waals surface area contributed by atoms with Crippen LogP contribution >= 0.6 is 12.4 Å². The topological polar surface area (TPSA) is 78.5 Å². The summed E-state index contributed by atoms with van der Waals surface area (Å²) in [5, 5.41) is 5.71. The van der Waals surface area contributed by atoms with Gasteiger partial charge in [0.1, 0.15) is 0 Å². The molecule has 0 saturated carbocycles. The number of carbonyl (C=O) groups is 1. The summed E-state index contributed by atoms with van der Waals surface area (Å²) >= 11 is 0. The van der Waals surface area contributed by atoms with Crippen molar-refractivity contribution in [2.75, 3.05) is 26.7 Å². The Labute approximate surface area is 131 Å². The van der Waals surface area contributed by atoms with Gasteiger partial charge in [-0.1, -0.05) is 0 Å². The van der Waals surface area contributed by atoms with Crippen LogP contribution in [-0.2, 0) is 10.0 Å². The predicted molar refractivity (Wildman–Crippen MR) is 83.3 cm³/mol. The Morgan fingerprint density at radius 3 is 2.48 bits per heavy atom. The molecule has 8 heteroatoms. The Morgan fingerprint density at radius 1 is 1.33 bits per heavy atom. The van der Waals surface area contributed by atoms with Crippen molar-refractivity contribution in [3.63, 3.8) is 0 Å². The van der Waals surface area contributed by atoms with Crippen molar-refractivity contribution in [2.45, 2.75) is 17.9 Å². The van der Waals surface area contributed by atoms with E-state index in [2.05, 4.69) is 10.6 Å². The summed E-state index contributed by atoms with van der Waals surface area (Å²) in [6.07, 6.45) is 0. The number of nitrogens with zero attached hydrogens (tertiary/aromatic N) is 1. The average molecular weight is 334 g/mol. The van der Waals surface area contributed by atoms with Crippen LogP contribution in [0.2, 0.25) is 0 Å². The molecule has 0 aromatic heterocycles. The summed E-state index contributed by atoms with van der Waals surface area (Å²) in [4.78, 5) is 11.7. The number of sulfonamides is 1. The van der Waals surface area contributed by atoms with Crippen LogP contribution in [0, 0.1) is 0 Å². The van der Waals surface area contributed by atoms with Crippen LogP contribution in [0.4, 0.5) is 0 Å². The van der Waals surface area contributed by atoms with E-state index in [4.69, 9.17) is 0 Å². The Balaban J connectivity index is 0.00000220. The molecule has 1 saturated heterocycles. The highest BCUT2D eigenvalue weighted by molar-refractivity contribution is 7.89. The van der Waals surface area contributed by atoms with Crippen LogP contribution in [0.1, 0.15) is 17.3 Å². The van der Waals surface area contributed by atoms with E-state index >= 15 is 0 Å². The zero-order chi connectivity index (χ0) is 14.8. The summed E-state index contributed by atoms with van der Waals surface area (Å²) in [5.41, 5.74) is 0.445. The van der Waals surface area contributed by atoms with Crippen molar-refractivity contribution in [2.24, 2.45) is 0 Å². The van der Waals surface area contributed by atoms with Crippen LogP contribution in [-0.4, -0.2) is 51.4 Å². The maximum atomic E-state index is 12.5. The Bertz CT molecular complexity index is 589. The van der Waals surface area contributed by atoms with E-state index in [0.717, 1.165) is 0 Å². The highest BCUT2D eigenvalue weighted by Gasteiger charge is 2.28. The number of rotatable bonds is 3. The lowest BCUT2D eigenvalue weighted by Gasteiger charge is -2.31. The van der Waals surface area contributed by atoms with Gasteiger partial charge in [-0.15, -0.1) is 12.4 Å². The molecule has 1 fully saturated rings. The lowest BCUT2D eigenvalue weighted by molar-refractivity contribution is 0.0963. The van der Waals surface area contributed by atoms with E-state index in [1.165, 1.54) is 35.6 Å². The maximum Gasteiger partial charge on any atom is 0.251 e. The first-order valence-corrected chi connectivity index (χ1v) is 7.95. The molecule has 118 valence electrons. The first-order chi connectivity index (χ1) is 9.45. The van der Waals surface area contributed by atoms with Crippen molar-refractivity contribution in [1.82, 2.24) is 14.9 Å². The molecule has 6 nitrogen and oxygen atoms in total. The Kier molecular flexibility index (Phi) is 6.15. The number of halogens is 1. The molecule has 1 atom stereocenters. The van der Waals surface area contributed by atoms with Gasteiger partial charge >= 0.3 is 0 Å². The third-order valence-electron chi connectivity index (χ3n) is 3.31. The fourth-order valence-electron chi connectivity index (χ4n) is 2.19. The van der Waals surface area contributed by atoms with Gasteiger partial charge in [0.25, 0.3) is 5.91 Å². The third-order valence-corrected chi connectivity index (χ3v) is 5.19. The standard InChI is InChI=1S/C13H19N3O3S.ClH/c1-10-9-16(8-7-15-10)20(18,19)12-5-3-11(4-6-12)13(17)14-2;/h3-6,10,15H,7-9H2,1-2H3,(H,14,17);1H/t10-;/m1./s1. The smallest absolute Gasteiger partial charge is 0.251 e. The van der Waals surface area contributed by atoms with Gasteiger partial charge in [0, 0.05) is 38.3 Å². The molecule has 1 aromatic rings. The molecule has 0 spiro atoms. The lowest BCUT2D eigenvalue weighted by atomic mass is 10.2. The molecule has 0 bridgehead atoms. The fraction of sp³-hybridized carbons (Fsp3) is 0.462. The summed E-state index contributed by atoms with van der Waals surface area (Å²) < 4.78 is 26.4. The lowest BCUT2D eigenvalue weighted by Crippen LogP contribution is -2.51. The molecule has 1 aliphatic heterocycles. The minimum Gasteiger partial charge on any atom is -0.355 e. The van der Waals surface area contributed by atoms with Crippen LogP contribution < -0.4 is 10.6 Å². The summed E-state index contributed by atoms with van der Waals surface area (Å²) in [6.45, 7) is 3.52. The number of carbonyl (C=O) groups excluding carboxylic acids is 1. The largest absolute Gasteiger partial charge is 0.355 e. The second-order valence-electron chi connectivity index (χ2n) is 4.82. The molecule has 0 radical (unpaired) electrons. The Morgan fingerprint density at radius 2 is 1.95 bits per heavy atom. The summed E-state index contributed by atoms with van der Waals surface area (Å²) in [6, 6.07) is 6.15. The van der Waals surface area contributed by atoms with Crippen molar-refractivity contribution >= 4 is 28.3 Å². The van der Waals surface area contributed by atoms with Gasteiger partial charge in [0.05, 0.1) is 4.90 Å². The van der Waals surface area contributed by atoms with E-state index in [0.29, 0.717) is 25.2 Å². The maximum absolute atomic E-state index is 12.5. The number of hydrogen-bond acceptors (Lipinski definition) is 4. The van der Waals surface area contributed by atoms with Crippen molar-refractivity contribution in [1.29, 1.82) is 0 Å². The van der Waals surface area contributed by atoms with Gasteiger partial charge < -0.3 is 10.6 Å². The van der Waals surface area contributed by atoms with E-state index in [1.807, 2.05) is 6.92 Å². The van der Waals surface area contributed by atoms with E-state index in [9.17, 15) is 13.2 Å². The minimum atomic E-state index is -3.48. The van der Waals surface area contributed by atoms with Gasteiger partial charge in [-0.3, -0.25) is 4.79 Å². The van der Waals surface area contributed by atoms with Gasteiger partial charge in [-0.05, 0) is 31.2 Å². The molecule has 0 aliphatic carbocycles. The molecule has 1 amide bonds. The third kappa shape index (κ3) is 3.94. The number of hydrogen-bond donors (Lipinski definition) is 2. The van der Waals surface area contributed by atoms with E-state index < -0.39 is 10.0 Å². The molecule has 0 unspecified atom stereocenters. The predicted octanol–water partition coefficient (Wildman–Crippen LogP) is 0.450. The van der Waals surface area contributed by atoms with Crippen LogP contribution in [0.3, 0.4) is 0 Å². The van der Waals surface area contributed by atoms with Gasteiger partial charge in [0.15, 0.2) is 0 Å². The SMILES string of the molecule is CNC(=O)c1ccc(S(=O)(=O)N2CCN[C@H](C)C2)cc1.Cl. The highest BCUT2D eigenvalue weighted by Crippen LogP contribution is 2.18. The number of benzene rings is 1. The zero-order valence-corrected chi connectivity index (χ0v) is 13.6. The monoisotopic (exact) mass is 333 g/mol.